The molecule has 1 aromatic carbocycles. The SMILES string of the molecule is O=C(CCc1nnc2ccc(Cl)nn12)NCCc1c[nH]c2ccccc12. The van der Waals surface area contributed by atoms with E-state index < -0.39 is 0 Å². The van der Waals surface area contributed by atoms with Crippen LogP contribution in [0.5, 0.6) is 0 Å². The number of para-hydroxylation sites is 1. The molecule has 7 nitrogen and oxygen atoms in total. The quantitative estimate of drug-likeness (QED) is 0.547. The Morgan fingerprint density at radius 1 is 1.15 bits per heavy atom. The van der Waals surface area contributed by atoms with Gasteiger partial charge in [-0.3, -0.25) is 4.79 Å². The minimum atomic E-state index is -0.0244. The Morgan fingerprint density at radius 3 is 2.96 bits per heavy atom. The maximum Gasteiger partial charge on any atom is 0.220 e. The topological polar surface area (TPSA) is 88.0 Å². The van der Waals surface area contributed by atoms with Crippen molar-refractivity contribution in [3.05, 3.63) is 59.1 Å². The molecule has 8 heteroatoms. The number of rotatable bonds is 6. The fraction of sp³-hybridized carbons (Fsp3) is 0.222. The Hall–Kier alpha value is -2.93. The summed E-state index contributed by atoms with van der Waals surface area (Å²) in [5, 5.41) is 16.8. The van der Waals surface area contributed by atoms with E-state index in [-0.39, 0.29) is 5.91 Å². The first-order valence-electron chi connectivity index (χ1n) is 8.39. The van der Waals surface area contributed by atoms with Crippen LogP contribution in [0.4, 0.5) is 0 Å². The van der Waals surface area contributed by atoms with Crippen LogP contribution in [0.25, 0.3) is 16.6 Å². The maximum atomic E-state index is 12.1. The highest BCUT2D eigenvalue weighted by Crippen LogP contribution is 2.17. The van der Waals surface area contributed by atoms with Crippen molar-refractivity contribution >= 4 is 34.1 Å². The van der Waals surface area contributed by atoms with Crippen molar-refractivity contribution in [2.75, 3.05) is 6.54 Å². The second kappa shape index (κ2) is 7.13. The van der Waals surface area contributed by atoms with Gasteiger partial charge < -0.3 is 10.3 Å². The predicted molar refractivity (Wildman–Crippen MR) is 99.1 cm³/mol. The van der Waals surface area contributed by atoms with E-state index in [9.17, 15) is 4.79 Å². The van der Waals surface area contributed by atoms with Crippen molar-refractivity contribution in [1.29, 1.82) is 0 Å². The summed E-state index contributed by atoms with van der Waals surface area (Å²) in [5.74, 6) is 0.595. The monoisotopic (exact) mass is 368 g/mol. The molecule has 1 amide bonds. The molecule has 0 spiro atoms. The minimum absolute atomic E-state index is 0.0244. The summed E-state index contributed by atoms with van der Waals surface area (Å²) in [6.07, 6.45) is 3.55. The molecule has 3 aromatic heterocycles. The number of aryl methyl sites for hydroxylation is 1. The number of nitrogens with zero attached hydrogens (tertiary/aromatic N) is 4. The molecule has 0 atom stereocenters. The van der Waals surface area contributed by atoms with Gasteiger partial charge in [0.2, 0.25) is 5.91 Å². The van der Waals surface area contributed by atoms with E-state index in [0.29, 0.717) is 36.0 Å². The molecule has 0 unspecified atom stereocenters. The van der Waals surface area contributed by atoms with Gasteiger partial charge in [0.15, 0.2) is 11.5 Å². The van der Waals surface area contributed by atoms with E-state index >= 15 is 0 Å². The largest absolute Gasteiger partial charge is 0.361 e. The van der Waals surface area contributed by atoms with Gasteiger partial charge in [0.05, 0.1) is 0 Å². The molecule has 0 aliphatic carbocycles. The zero-order chi connectivity index (χ0) is 17.9. The van der Waals surface area contributed by atoms with Crippen molar-refractivity contribution in [3.8, 4) is 0 Å². The molecular formula is C18H17ClN6O. The van der Waals surface area contributed by atoms with E-state index in [2.05, 4.69) is 31.7 Å². The number of nitrogens with one attached hydrogen (secondary N) is 2. The van der Waals surface area contributed by atoms with Crippen LogP contribution in [0.2, 0.25) is 5.15 Å². The minimum Gasteiger partial charge on any atom is -0.361 e. The summed E-state index contributed by atoms with van der Waals surface area (Å²) in [4.78, 5) is 15.4. The smallest absolute Gasteiger partial charge is 0.220 e. The molecule has 26 heavy (non-hydrogen) atoms. The number of amides is 1. The van der Waals surface area contributed by atoms with Gasteiger partial charge >= 0.3 is 0 Å². The molecule has 2 N–H and O–H groups in total. The van der Waals surface area contributed by atoms with Gasteiger partial charge in [-0.15, -0.1) is 10.2 Å². The number of carbonyl (C=O) groups is 1. The van der Waals surface area contributed by atoms with Crippen molar-refractivity contribution in [2.24, 2.45) is 0 Å². The van der Waals surface area contributed by atoms with E-state index in [1.165, 1.54) is 10.9 Å². The fourth-order valence-electron chi connectivity index (χ4n) is 2.96. The van der Waals surface area contributed by atoms with Crippen LogP contribution in [0.1, 0.15) is 17.8 Å². The summed E-state index contributed by atoms with van der Waals surface area (Å²) < 4.78 is 1.57. The van der Waals surface area contributed by atoms with Gasteiger partial charge in [0.1, 0.15) is 5.15 Å². The first-order chi connectivity index (χ1) is 12.7. The van der Waals surface area contributed by atoms with Gasteiger partial charge in [-0.1, -0.05) is 29.8 Å². The van der Waals surface area contributed by atoms with Gasteiger partial charge in [-0.2, -0.15) is 9.61 Å². The normalized spacial score (nSPS) is 11.3. The predicted octanol–water partition coefficient (Wildman–Crippen LogP) is 2.55. The van der Waals surface area contributed by atoms with E-state index in [1.54, 1.807) is 16.6 Å². The summed E-state index contributed by atoms with van der Waals surface area (Å²) in [6.45, 7) is 0.589. The third-order valence-corrected chi connectivity index (χ3v) is 4.46. The molecule has 0 aliphatic rings. The Labute approximate surface area is 154 Å². The lowest BCUT2D eigenvalue weighted by Gasteiger charge is -2.04. The number of H-pyrrole nitrogens is 1. The average Bonchev–Trinajstić information content (AvgIpc) is 3.24. The highest BCUT2D eigenvalue weighted by Gasteiger charge is 2.10. The highest BCUT2D eigenvalue weighted by atomic mass is 35.5. The third-order valence-electron chi connectivity index (χ3n) is 4.26. The van der Waals surface area contributed by atoms with Crippen LogP contribution in [0.15, 0.2) is 42.6 Å². The van der Waals surface area contributed by atoms with Crippen molar-refractivity contribution in [3.63, 3.8) is 0 Å². The zero-order valence-electron chi connectivity index (χ0n) is 13.9. The van der Waals surface area contributed by atoms with Gasteiger partial charge in [-0.25, -0.2) is 0 Å². The summed E-state index contributed by atoms with van der Waals surface area (Å²) >= 11 is 5.90. The molecule has 3 heterocycles. The van der Waals surface area contributed by atoms with Crippen LogP contribution in [-0.4, -0.2) is 37.2 Å². The molecular weight excluding hydrogens is 352 g/mol. The fourth-order valence-corrected chi connectivity index (χ4v) is 3.09. The van der Waals surface area contributed by atoms with E-state index in [1.807, 2.05) is 24.4 Å². The maximum absolute atomic E-state index is 12.1. The van der Waals surface area contributed by atoms with Gasteiger partial charge in [0, 0.05) is 36.5 Å². The molecule has 0 radical (unpaired) electrons. The first-order valence-corrected chi connectivity index (χ1v) is 8.77. The summed E-state index contributed by atoms with van der Waals surface area (Å²) in [5.41, 5.74) is 2.92. The molecule has 0 bridgehead atoms. The second-order valence-corrected chi connectivity index (χ2v) is 6.39. The van der Waals surface area contributed by atoms with Crippen molar-refractivity contribution < 1.29 is 4.79 Å². The van der Waals surface area contributed by atoms with E-state index in [4.69, 9.17) is 11.6 Å². The molecule has 0 fully saturated rings. The average molecular weight is 369 g/mol. The number of carbonyl (C=O) groups excluding carboxylic acids is 1. The van der Waals surface area contributed by atoms with Crippen LogP contribution in [-0.2, 0) is 17.6 Å². The molecule has 0 aliphatic heterocycles. The zero-order valence-corrected chi connectivity index (χ0v) is 14.7. The summed E-state index contributed by atoms with van der Waals surface area (Å²) in [7, 11) is 0. The Kier molecular flexibility index (Phi) is 4.53. The number of hydrogen-bond donors (Lipinski definition) is 2. The molecule has 0 saturated heterocycles. The van der Waals surface area contributed by atoms with Crippen molar-refractivity contribution in [2.45, 2.75) is 19.3 Å². The lowest BCUT2D eigenvalue weighted by atomic mass is 10.1. The number of halogens is 1. The highest BCUT2D eigenvalue weighted by molar-refractivity contribution is 6.29. The number of benzene rings is 1. The van der Waals surface area contributed by atoms with Crippen LogP contribution >= 0.6 is 11.6 Å². The molecule has 4 rings (SSSR count). The molecule has 4 aromatic rings. The Morgan fingerprint density at radius 2 is 2.04 bits per heavy atom. The van der Waals surface area contributed by atoms with E-state index in [0.717, 1.165) is 11.9 Å². The number of aromatic nitrogens is 5. The van der Waals surface area contributed by atoms with Gasteiger partial charge in [0.25, 0.3) is 0 Å². The summed E-state index contributed by atoms with van der Waals surface area (Å²) in [6, 6.07) is 11.5. The second-order valence-electron chi connectivity index (χ2n) is 6.00. The number of hydrogen-bond acceptors (Lipinski definition) is 4. The molecule has 132 valence electrons. The molecule has 0 saturated carbocycles. The van der Waals surface area contributed by atoms with Crippen molar-refractivity contribution in [1.82, 2.24) is 30.1 Å². The Bertz CT molecular complexity index is 1070. The first kappa shape index (κ1) is 16.5. The lowest BCUT2D eigenvalue weighted by Crippen LogP contribution is -2.26. The lowest BCUT2D eigenvalue weighted by molar-refractivity contribution is -0.121. The third kappa shape index (κ3) is 3.39. The number of aromatic amines is 1. The standard InChI is InChI=1S/C18H17ClN6O/c19-15-5-6-16-22-23-17(25(16)24-15)7-8-18(26)20-10-9-12-11-21-14-4-2-1-3-13(12)14/h1-6,11,21H,7-10H2,(H,20,26). The van der Waals surface area contributed by atoms with Crippen LogP contribution in [0, 0.1) is 0 Å². The van der Waals surface area contributed by atoms with Crippen LogP contribution < -0.4 is 5.32 Å². The number of fused-ring (bicyclic) bond motifs is 2. The Balaban J connectivity index is 1.31. The van der Waals surface area contributed by atoms with Crippen LogP contribution in [0.3, 0.4) is 0 Å². The van der Waals surface area contributed by atoms with Gasteiger partial charge in [-0.05, 0) is 30.2 Å².